The quantitative estimate of drug-likeness (QED) is 0.528. The average Bonchev–Trinajstić information content (AvgIpc) is 3.04. The number of imide groups is 1. The van der Waals surface area contributed by atoms with Crippen molar-refractivity contribution in [3.8, 4) is 5.75 Å². The van der Waals surface area contributed by atoms with Gasteiger partial charge in [0.25, 0.3) is 11.8 Å². The molecule has 1 heterocycles. The summed E-state index contributed by atoms with van der Waals surface area (Å²) in [5.74, 6) is -0.498. The maximum Gasteiger partial charge on any atom is 0.278 e. The second-order valence-electron chi connectivity index (χ2n) is 7.34. The highest BCUT2D eigenvalue weighted by molar-refractivity contribution is 6.36. The number of hydrogen-bond acceptors (Lipinski definition) is 4. The SMILES string of the molecule is CCOc1ccc(NC2=C(c3ccc(F)cc3)C(=O)N(CCc3ccccc3)C2=O)cc1. The minimum absolute atomic E-state index is 0.179. The van der Waals surface area contributed by atoms with Crippen molar-refractivity contribution in [2.45, 2.75) is 13.3 Å². The third-order valence-electron chi connectivity index (χ3n) is 5.20. The Bertz CT molecular complexity index is 1140. The summed E-state index contributed by atoms with van der Waals surface area (Å²) in [5.41, 5.74) is 2.58. The van der Waals surface area contributed by atoms with Gasteiger partial charge in [-0.1, -0.05) is 42.5 Å². The van der Waals surface area contributed by atoms with Crippen LogP contribution in [0, 0.1) is 5.82 Å². The molecule has 0 aliphatic carbocycles. The third-order valence-corrected chi connectivity index (χ3v) is 5.20. The van der Waals surface area contributed by atoms with Gasteiger partial charge in [-0.2, -0.15) is 0 Å². The Morgan fingerprint density at radius 3 is 2.22 bits per heavy atom. The van der Waals surface area contributed by atoms with Gasteiger partial charge in [0, 0.05) is 12.2 Å². The number of amides is 2. The van der Waals surface area contributed by atoms with Crippen LogP contribution in [0.4, 0.5) is 10.1 Å². The number of carbonyl (C=O) groups excluding carboxylic acids is 2. The van der Waals surface area contributed by atoms with E-state index in [0.29, 0.717) is 30.0 Å². The van der Waals surface area contributed by atoms with E-state index in [2.05, 4.69) is 5.32 Å². The van der Waals surface area contributed by atoms with Gasteiger partial charge in [-0.25, -0.2) is 4.39 Å². The highest BCUT2D eigenvalue weighted by Gasteiger charge is 2.38. The van der Waals surface area contributed by atoms with Crippen molar-refractivity contribution in [3.05, 3.63) is 102 Å². The first-order chi connectivity index (χ1) is 15.6. The van der Waals surface area contributed by atoms with Crippen molar-refractivity contribution in [1.29, 1.82) is 0 Å². The van der Waals surface area contributed by atoms with Crippen LogP contribution in [0.5, 0.6) is 5.75 Å². The van der Waals surface area contributed by atoms with Crippen molar-refractivity contribution in [2.24, 2.45) is 0 Å². The molecule has 0 radical (unpaired) electrons. The van der Waals surface area contributed by atoms with Crippen LogP contribution in [-0.2, 0) is 16.0 Å². The number of anilines is 1. The molecule has 3 aromatic carbocycles. The molecule has 1 N–H and O–H groups in total. The van der Waals surface area contributed by atoms with Gasteiger partial charge in [-0.05, 0) is 60.9 Å². The molecule has 1 aliphatic heterocycles. The molecule has 0 bridgehead atoms. The van der Waals surface area contributed by atoms with Gasteiger partial charge in [0.15, 0.2) is 0 Å². The van der Waals surface area contributed by atoms with Gasteiger partial charge in [0.05, 0.1) is 12.2 Å². The predicted molar refractivity (Wildman–Crippen MR) is 121 cm³/mol. The Balaban J connectivity index is 1.63. The summed E-state index contributed by atoms with van der Waals surface area (Å²) in [6.07, 6.45) is 0.547. The molecule has 0 aromatic heterocycles. The zero-order valence-electron chi connectivity index (χ0n) is 17.7. The van der Waals surface area contributed by atoms with Crippen LogP contribution >= 0.6 is 0 Å². The Kier molecular flexibility index (Phi) is 6.31. The summed E-state index contributed by atoms with van der Waals surface area (Å²) in [6.45, 7) is 2.70. The van der Waals surface area contributed by atoms with Crippen molar-refractivity contribution in [1.82, 2.24) is 4.90 Å². The molecule has 32 heavy (non-hydrogen) atoms. The smallest absolute Gasteiger partial charge is 0.278 e. The molecule has 5 nitrogen and oxygen atoms in total. The Morgan fingerprint density at radius 2 is 1.56 bits per heavy atom. The molecular formula is C26H23FN2O3. The Labute approximate surface area is 186 Å². The number of ether oxygens (including phenoxy) is 1. The normalized spacial score (nSPS) is 13.6. The van der Waals surface area contributed by atoms with Gasteiger partial charge in [-0.3, -0.25) is 14.5 Å². The lowest BCUT2D eigenvalue weighted by Gasteiger charge is -2.15. The maximum absolute atomic E-state index is 13.5. The van der Waals surface area contributed by atoms with E-state index in [1.165, 1.54) is 29.2 Å². The molecule has 0 fully saturated rings. The lowest BCUT2D eigenvalue weighted by Crippen LogP contribution is -2.34. The minimum atomic E-state index is -0.409. The van der Waals surface area contributed by atoms with E-state index in [1.807, 2.05) is 37.3 Å². The second kappa shape index (κ2) is 9.47. The molecule has 0 spiro atoms. The van der Waals surface area contributed by atoms with Crippen molar-refractivity contribution >= 4 is 23.1 Å². The van der Waals surface area contributed by atoms with Crippen LogP contribution in [-0.4, -0.2) is 29.9 Å². The number of carbonyl (C=O) groups is 2. The van der Waals surface area contributed by atoms with E-state index in [-0.39, 0.29) is 17.8 Å². The second-order valence-corrected chi connectivity index (χ2v) is 7.34. The monoisotopic (exact) mass is 430 g/mol. The lowest BCUT2D eigenvalue weighted by atomic mass is 10.0. The summed E-state index contributed by atoms with van der Waals surface area (Å²) in [7, 11) is 0. The fourth-order valence-corrected chi connectivity index (χ4v) is 3.61. The molecule has 3 aromatic rings. The number of rotatable bonds is 8. The van der Waals surface area contributed by atoms with Gasteiger partial charge in [-0.15, -0.1) is 0 Å². The van der Waals surface area contributed by atoms with Gasteiger partial charge in [0.2, 0.25) is 0 Å². The van der Waals surface area contributed by atoms with Crippen molar-refractivity contribution < 1.29 is 18.7 Å². The van der Waals surface area contributed by atoms with Crippen molar-refractivity contribution in [2.75, 3.05) is 18.5 Å². The zero-order valence-corrected chi connectivity index (χ0v) is 17.7. The lowest BCUT2D eigenvalue weighted by molar-refractivity contribution is -0.136. The highest BCUT2D eigenvalue weighted by atomic mass is 19.1. The van der Waals surface area contributed by atoms with E-state index >= 15 is 0 Å². The largest absolute Gasteiger partial charge is 0.494 e. The molecule has 1 aliphatic rings. The topological polar surface area (TPSA) is 58.6 Å². The maximum atomic E-state index is 13.5. The molecule has 6 heteroatoms. The minimum Gasteiger partial charge on any atom is -0.494 e. The number of nitrogens with zero attached hydrogens (tertiary/aromatic N) is 1. The summed E-state index contributed by atoms with van der Waals surface area (Å²) in [4.78, 5) is 27.7. The van der Waals surface area contributed by atoms with Crippen LogP contribution in [0.25, 0.3) is 5.57 Å². The fourth-order valence-electron chi connectivity index (χ4n) is 3.61. The summed E-state index contributed by atoms with van der Waals surface area (Å²) >= 11 is 0. The Hall–Kier alpha value is -3.93. The van der Waals surface area contributed by atoms with Crippen LogP contribution < -0.4 is 10.1 Å². The highest BCUT2D eigenvalue weighted by Crippen LogP contribution is 2.31. The summed E-state index contributed by atoms with van der Waals surface area (Å²) < 4.78 is 18.9. The molecule has 4 rings (SSSR count). The van der Waals surface area contributed by atoms with E-state index in [0.717, 1.165) is 5.56 Å². The van der Waals surface area contributed by atoms with Crippen LogP contribution in [0.2, 0.25) is 0 Å². The molecule has 0 saturated carbocycles. The van der Waals surface area contributed by atoms with Gasteiger partial charge < -0.3 is 10.1 Å². The first kappa shape index (κ1) is 21.3. The fraction of sp³-hybridized carbons (Fsp3) is 0.154. The molecule has 0 unspecified atom stereocenters. The van der Waals surface area contributed by atoms with Crippen molar-refractivity contribution in [3.63, 3.8) is 0 Å². The van der Waals surface area contributed by atoms with E-state index in [1.54, 1.807) is 24.3 Å². The van der Waals surface area contributed by atoms with Crippen LogP contribution in [0.1, 0.15) is 18.1 Å². The van der Waals surface area contributed by atoms with Crippen LogP contribution in [0.15, 0.2) is 84.6 Å². The van der Waals surface area contributed by atoms with E-state index in [9.17, 15) is 14.0 Å². The predicted octanol–water partition coefficient (Wildman–Crippen LogP) is 4.66. The first-order valence-corrected chi connectivity index (χ1v) is 10.5. The standard InChI is InChI=1S/C26H23FN2O3/c1-2-32-22-14-12-21(13-15-22)28-24-23(19-8-10-20(27)11-9-19)25(30)29(26(24)31)17-16-18-6-4-3-5-7-18/h3-15,28H,2,16-17H2,1H3. The zero-order chi connectivity index (χ0) is 22.5. The van der Waals surface area contributed by atoms with E-state index in [4.69, 9.17) is 4.74 Å². The first-order valence-electron chi connectivity index (χ1n) is 10.5. The molecular weight excluding hydrogens is 407 g/mol. The Morgan fingerprint density at radius 1 is 0.875 bits per heavy atom. The molecule has 2 amide bonds. The van der Waals surface area contributed by atoms with Gasteiger partial charge in [0.1, 0.15) is 17.3 Å². The molecule has 0 saturated heterocycles. The summed E-state index contributed by atoms with van der Waals surface area (Å²) in [6, 6.07) is 22.4. The third kappa shape index (κ3) is 4.54. The average molecular weight is 430 g/mol. The summed E-state index contributed by atoms with van der Waals surface area (Å²) in [5, 5.41) is 3.10. The molecule has 0 atom stereocenters. The number of nitrogens with one attached hydrogen (secondary N) is 1. The number of benzene rings is 3. The number of halogens is 1. The van der Waals surface area contributed by atoms with E-state index < -0.39 is 17.6 Å². The van der Waals surface area contributed by atoms with Crippen LogP contribution in [0.3, 0.4) is 0 Å². The van der Waals surface area contributed by atoms with Gasteiger partial charge >= 0.3 is 0 Å². The number of hydrogen-bond donors (Lipinski definition) is 1. The molecule has 162 valence electrons.